The van der Waals surface area contributed by atoms with Gasteiger partial charge in [0.25, 0.3) is 0 Å². The van der Waals surface area contributed by atoms with Gasteiger partial charge in [-0.1, -0.05) is 48.5 Å². The van der Waals surface area contributed by atoms with Crippen LogP contribution in [0.3, 0.4) is 0 Å². The number of pyridine rings is 1. The molecule has 0 radical (unpaired) electrons. The van der Waals surface area contributed by atoms with Crippen molar-refractivity contribution in [2.24, 2.45) is 0 Å². The first-order valence-electron chi connectivity index (χ1n) is 9.05. The van der Waals surface area contributed by atoms with Gasteiger partial charge in [-0.05, 0) is 36.3 Å². The molecule has 2 aromatic carbocycles. The van der Waals surface area contributed by atoms with E-state index in [1.54, 1.807) is 6.20 Å². The molecule has 0 aliphatic carbocycles. The van der Waals surface area contributed by atoms with Crippen LogP contribution in [0.15, 0.2) is 72.9 Å². The second-order valence-electron chi connectivity index (χ2n) is 6.95. The summed E-state index contributed by atoms with van der Waals surface area (Å²) in [5, 5.41) is 1.85. The fraction of sp³-hybridized carbons (Fsp3) is 0.174. The Bertz CT molecular complexity index is 1100. The van der Waals surface area contributed by atoms with Crippen LogP contribution >= 0.6 is 0 Å². The lowest BCUT2D eigenvalue weighted by Crippen LogP contribution is -2.44. The fourth-order valence-electron chi connectivity index (χ4n) is 3.61. The first kappa shape index (κ1) is 18.3. The lowest BCUT2D eigenvalue weighted by atomic mass is 10.0. The van der Waals surface area contributed by atoms with Crippen LogP contribution < -0.4 is 10.6 Å². The summed E-state index contributed by atoms with van der Waals surface area (Å²) in [5.41, 5.74) is 3.27. The van der Waals surface area contributed by atoms with Crippen LogP contribution in [0.5, 0.6) is 0 Å². The lowest BCUT2D eigenvalue weighted by molar-refractivity contribution is -0.137. The van der Waals surface area contributed by atoms with E-state index < -0.39 is 11.7 Å². The Morgan fingerprint density at radius 2 is 1.64 bits per heavy atom. The largest absolute Gasteiger partial charge is 0.416 e. The molecule has 0 N–H and O–H groups in total. The summed E-state index contributed by atoms with van der Waals surface area (Å²) in [4.78, 5) is 6.75. The molecule has 0 amide bonds. The molecule has 0 saturated carbocycles. The molecule has 1 aromatic heterocycles. The fourth-order valence-corrected chi connectivity index (χ4v) is 3.61. The molecule has 2 nitrogen and oxygen atoms in total. The van der Waals surface area contributed by atoms with E-state index in [1.807, 2.05) is 42.5 Å². The van der Waals surface area contributed by atoms with E-state index in [1.165, 1.54) is 17.7 Å². The zero-order valence-corrected chi connectivity index (χ0v) is 15.4. The van der Waals surface area contributed by atoms with Crippen molar-refractivity contribution in [2.75, 3.05) is 6.54 Å². The molecular formula is C23H19F3N2. The number of fused-ring (bicyclic) bond motifs is 1. The smallest absolute Gasteiger partial charge is 0.361 e. The van der Waals surface area contributed by atoms with Crippen LogP contribution in [0, 0.1) is 0 Å². The van der Waals surface area contributed by atoms with Gasteiger partial charge in [-0.2, -0.15) is 13.2 Å². The van der Waals surface area contributed by atoms with Crippen LogP contribution in [0.25, 0.3) is 11.3 Å². The van der Waals surface area contributed by atoms with Crippen molar-refractivity contribution in [2.45, 2.75) is 19.6 Å². The second kappa shape index (κ2) is 7.15. The van der Waals surface area contributed by atoms with Gasteiger partial charge in [0.2, 0.25) is 0 Å². The minimum Gasteiger partial charge on any atom is -0.361 e. The third-order valence-electron chi connectivity index (χ3n) is 4.94. The molecule has 0 atom stereocenters. The SMILES string of the molecule is CC1=c2cccnc2=C(c2ccc(C(F)(F)F)cc2)N(Cc2ccccc2)C1. The summed E-state index contributed by atoms with van der Waals surface area (Å²) < 4.78 is 39.0. The van der Waals surface area contributed by atoms with Crippen molar-refractivity contribution < 1.29 is 13.2 Å². The molecule has 3 aromatic rings. The molecule has 5 heteroatoms. The van der Waals surface area contributed by atoms with Crippen molar-refractivity contribution in [1.29, 1.82) is 0 Å². The van der Waals surface area contributed by atoms with E-state index in [0.717, 1.165) is 39.5 Å². The zero-order chi connectivity index (χ0) is 19.7. The summed E-state index contributed by atoms with van der Waals surface area (Å²) in [5.74, 6) is 0. The molecule has 2 heterocycles. The molecule has 28 heavy (non-hydrogen) atoms. The first-order chi connectivity index (χ1) is 13.4. The Morgan fingerprint density at radius 1 is 0.929 bits per heavy atom. The maximum absolute atomic E-state index is 13.0. The van der Waals surface area contributed by atoms with Crippen LogP contribution in [-0.4, -0.2) is 16.4 Å². The Balaban J connectivity index is 1.87. The number of nitrogens with zero attached hydrogens (tertiary/aromatic N) is 2. The number of alkyl halides is 3. The van der Waals surface area contributed by atoms with Gasteiger partial charge in [-0.25, -0.2) is 0 Å². The van der Waals surface area contributed by atoms with Crippen LogP contribution in [0.2, 0.25) is 0 Å². The van der Waals surface area contributed by atoms with E-state index in [2.05, 4.69) is 16.8 Å². The number of benzene rings is 2. The maximum atomic E-state index is 13.0. The van der Waals surface area contributed by atoms with E-state index in [0.29, 0.717) is 13.1 Å². The summed E-state index contributed by atoms with van der Waals surface area (Å²) >= 11 is 0. The zero-order valence-electron chi connectivity index (χ0n) is 15.4. The highest BCUT2D eigenvalue weighted by Gasteiger charge is 2.30. The predicted octanol–water partition coefficient (Wildman–Crippen LogP) is 3.94. The number of halogens is 3. The first-order valence-corrected chi connectivity index (χ1v) is 9.05. The third-order valence-corrected chi connectivity index (χ3v) is 4.94. The van der Waals surface area contributed by atoms with Crippen molar-refractivity contribution in [3.8, 4) is 0 Å². The number of aromatic nitrogens is 1. The molecular weight excluding hydrogens is 361 g/mol. The Labute approximate surface area is 161 Å². The average molecular weight is 380 g/mol. The molecule has 1 aliphatic rings. The van der Waals surface area contributed by atoms with Crippen molar-refractivity contribution in [3.05, 3.63) is 100 Å². The van der Waals surface area contributed by atoms with Crippen LogP contribution in [0.1, 0.15) is 23.6 Å². The van der Waals surface area contributed by atoms with Gasteiger partial charge in [-0.15, -0.1) is 0 Å². The molecule has 0 spiro atoms. The van der Waals surface area contributed by atoms with Gasteiger partial charge in [0.1, 0.15) is 0 Å². The lowest BCUT2D eigenvalue weighted by Gasteiger charge is -2.31. The van der Waals surface area contributed by atoms with Crippen LogP contribution in [-0.2, 0) is 12.7 Å². The highest BCUT2D eigenvalue weighted by Crippen LogP contribution is 2.30. The van der Waals surface area contributed by atoms with Gasteiger partial charge in [-0.3, -0.25) is 4.98 Å². The van der Waals surface area contributed by atoms with Gasteiger partial charge in [0.15, 0.2) is 0 Å². The van der Waals surface area contributed by atoms with E-state index >= 15 is 0 Å². The number of hydrogen-bond acceptors (Lipinski definition) is 2. The van der Waals surface area contributed by atoms with Crippen LogP contribution in [0.4, 0.5) is 13.2 Å². The molecule has 0 fully saturated rings. The van der Waals surface area contributed by atoms with Crippen molar-refractivity contribution in [1.82, 2.24) is 9.88 Å². The summed E-state index contributed by atoms with van der Waals surface area (Å²) in [7, 11) is 0. The van der Waals surface area contributed by atoms with Gasteiger partial charge in [0, 0.05) is 30.1 Å². The van der Waals surface area contributed by atoms with Crippen molar-refractivity contribution in [3.63, 3.8) is 0 Å². The van der Waals surface area contributed by atoms with E-state index in [-0.39, 0.29) is 0 Å². The highest BCUT2D eigenvalue weighted by atomic mass is 19.4. The summed E-state index contributed by atoms with van der Waals surface area (Å²) in [6, 6.07) is 19.3. The van der Waals surface area contributed by atoms with E-state index in [4.69, 9.17) is 0 Å². The van der Waals surface area contributed by atoms with Gasteiger partial charge >= 0.3 is 6.18 Å². The van der Waals surface area contributed by atoms with Gasteiger partial charge < -0.3 is 4.90 Å². The van der Waals surface area contributed by atoms with Crippen molar-refractivity contribution >= 4 is 11.3 Å². The molecule has 4 rings (SSSR count). The normalized spacial score (nSPS) is 14.2. The topological polar surface area (TPSA) is 16.1 Å². The third kappa shape index (κ3) is 3.52. The standard InChI is InChI=1S/C23H19F3N2/c1-16-14-28(15-17-6-3-2-4-7-17)22(21-20(16)8-5-13-27-21)18-9-11-19(12-10-18)23(24,25)26/h2-13H,14-15H2,1H3. The Morgan fingerprint density at radius 3 is 2.32 bits per heavy atom. The minimum absolute atomic E-state index is 0.647. The average Bonchev–Trinajstić information content (AvgIpc) is 2.69. The quantitative estimate of drug-likeness (QED) is 0.684. The summed E-state index contributed by atoms with van der Waals surface area (Å²) in [6.07, 6.45) is -2.62. The molecule has 0 unspecified atom stereocenters. The molecule has 1 aliphatic heterocycles. The maximum Gasteiger partial charge on any atom is 0.416 e. The Kier molecular flexibility index (Phi) is 4.67. The van der Waals surface area contributed by atoms with E-state index in [9.17, 15) is 13.2 Å². The second-order valence-corrected chi connectivity index (χ2v) is 6.95. The molecule has 0 saturated heterocycles. The molecule has 0 bridgehead atoms. The highest BCUT2D eigenvalue weighted by molar-refractivity contribution is 5.68. The minimum atomic E-state index is -4.35. The molecule has 142 valence electrons. The number of hydrogen-bond donors (Lipinski definition) is 0. The van der Waals surface area contributed by atoms with Gasteiger partial charge in [0.05, 0.1) is 16.6 Å². The predicted molar refractivity (Wildman–Crippen MR) is 103 cm³/mol. The summed E-state index contributed by atoms with van der Waals surface area (Å²) in [6.45, 7) is 3.43. The monoisotopic (exact) mass is 380 g/mol. The Hall–Kier alpha value is -3.08. The number of rotatable bonds is 3.